The standard InChI is InChI=1S/C13H22N6O2/c1-14-11-16-12(15-10-3-2-6-21-9-10)18-13(17-11)19-4-7-20-8-5-19/h10H,2-9H2,1H3,(H2,14,15,16,17,18). The third kappa shape index (κ3) is 3.70. The smallest absolute Gasteiger partial charge is 0.232 e. The Morgan fingerprint density at radius 1 is 1.05 bits per heavy atom. The lowest BCUT2D eigenvalue weighted by Crippen LogP contribution is -2.38. The van der Waals surface area contributed by atoms with E-state index in [0.717, 1.165) is 32.5 Å². The maximum atomic E-state index is 5.48. The maximum absolute atomic E-state index is 5.48. The molecule has 0 aliphatic carbocycles. The van der Waals surface area contributed by atoms with Crippen molar-refractivity contribution >= 4 is 17.8 Å². The van der Waals surface area contributed by atoms with Crippen LogP contribution < -0.4 is 15.5 Å². The number of hydrogen-bond acceptors (Lipinski definition) is 8. The molecule has 0 bridgehead atoms. The first-order chi connectivity index (χ1) is 10.3. The van der Waals surface area contributed by atoms with Crippen molar-refractivity contribution < 1.29 is 9.47 Å². The number of ether oxygens (including phenoxy) is 2. The molecule has 1 unspecified atom stereocenters. The number of anilines is 3. The second-order valence-electron chi connectivity index (χ2n) is 5.19. The van der Waals surface area contributed by atoms with Crippen LogP contribution in [0, 0.1) is 0 Å². The van der Waals surface area contributed by atoms with Crippen LogP contribution in [0.4, 0.5) is 17.8 Å². The van der Waals surface area contributed by atoms with E-state index in [1.807, 2.05) is 7.05 Å². The second kappa shape index (κ2) is 6.86. The topological polar surface area (TPSA) is 84.4 Å². The Bertz CT molecular complexity index is 460. The van der Waals surface area contributed by atoms with E-state index < -0.39 is 0 Å². The summed E-state index contributed by atoms with van der Waals surface area (Å²) in [6.07, 6.45) is 2.14. The van der Waals surface area contributed by atoms with Crippen LogP contribution in [0.1, 0.15) is 12.8 Å². The van der Waals surface area contributed by atoms with Crippen LogP contribution in [0.15, 0.2) is 0 Å². The van der Waals surface area contributed by atoms with E-state index in [1.165, 1.54) is 0 Å². The Hall–Kier alpha value is -1.67. The van der Waals surface area contributed by atoms with Crippen molar-refractivity contribution in [1.29, 1.82) is 0 Å². The van der Waals surface area contributed by atoms with Crippen LogP contribution in [-0.2, 0) is 9.47 Å². The van der Waals surface area contributed by atoms with Crippen LogP contribution in [0.2, 0.25) is 0 Å². The fourth-order valence-corrected chi connectivity index (χ4v) is 2.48. The largest absolute Gasteiger partial charge is 0.379 e. The lowest BCUT2D eigenvalue weighted by Gasteiger charge is -2.28. The average molecular weight is 294 g/mol. The molecule has 0 radical (unpaired) electrons. The lowest BCUT2D eigenvalue weighted by atomic mass is 10.1. The minimum absolute atomic E-state index is 0.267. The molecule has 8 nitrogen and oxygen atoms in total. The van der Waals surface area contributed by atoms with Crippen LogP contribution >= 0.6 is 0 Å². The van der Waals surface area contributed by atoms with Gasteiger partial charge in [0.25, 0.3) is 0 Å². The van der Waals surface area contributed by atoms with Gasteiger partial charge in [0.2, 0.25) is 17.8 Å². The van der Waals surface area contributed by atoms with Gasteiger partial charge in [-0.3, -0.25) is 0 Å². The van der Waals surface area contributed by atoms with Crippen molar-refractivity contribution in [3.8, 4) is 0 Å². The van der Waals surface area contributed by atoms with Gasteiger partial charge in [0, 0.05) is 26.7 Å². The molecule has 2 fully saturated rings. The molecule has 2 aliphatic heterocycles. The Morgan fingerprint density at radius 2 is 1.86 bits per heavy atom. The Morgan fingerprint density at radius 3 is 2.57 bits per heavy atom. The Labute approximate surface area is 124 Å². The molecule has 1 aromatic rings. The fourth-order valence-electron chi connectivity index (χ4n) is 2.48. The molecule has 2 aliphatic rings. The summed E-state index contributed by atoms with van der Waals surface area (Å²) in [5.74, 6) is 1.87. The van der Waals surface area contributed by atoms with E-state index >= 15 is 0 Å². The molecule has 116 valence electrons. The number of nitrogens with one attached hydrogen (secondary N) is 2. The van der Waals surface area contributed by atoms with Crippen molar-refractivity contribution in [3.63, 3.8) is 0 Å². The second-order valence-corrected chi connectivity index (χ2v) is 5.19. The van der Waals surface area contributed by atoms with Crippen molar-refractivity contribution in [2.24, 2.45) is 0 Å². The van der Waals surface area contributed by atoms with Crippen LogP contribution in [0.25, 0.3) is 0 Å². The first kappa shape index (κ1) is 14.3. The summed E-state index contributed by atoms with van der Waals surface area (Å²) >= 11 is 0. The summed E-state index contributed by atoms with van der Waals surface area (Å²) in [5, 5.41) is 6.34. The number of hydrogen-bond donors (Lipinski definition) is 2. The fraction of sp³-hybridized carbons (Fsp3) is 0.769. The molecule has 0 saturated carbocycles. The number of nitrogens with zero attached hydrogens (tertiary/aromatic N) is 4. The summed E-state index contributed by atoms with van der Waals surface area (Å²) < 4.78 is 10.9. The maximum Gasteiger partial charge on any atom is 0.232 e. The van der Waals surface area contributed by atoms with Crippen LogP contribution in [0.3, 0.4) is 0 Å². The molecular weight excluding hydrogens is 272 g/mol. The summed E-state index contributed by atoms with van der Waals surface area (Å²) in [5.41, 5.74) is 0. The van der Waals surface area contributed by atoms with Gasteiger partial charge in [-0.05, 0) is 12.8 Å². The van der Waals surface area contributed by atoms with Gasteiger partial charge < -0.3 is 25.0 Å². The Balaban J connectivity index is 1.75. The SMILES string of the molecule is CNc1nc(NC2CCCOC2)nc(N2CCOCC2)n1. The van der Waals surface area contributed by atoms with Crippen molar-refractivity contribution in [3.05, 3.63) is 0 Å². The van der Waals surface area contributed by atoms with Crippen molar-refractivity contribution in [2.45, 2.75) is 18.9 Å². The van der Waals surface area contributed by atoms with Gasteiger partial charge in [0.05, 0.1) is 25.9 Å². The summed E-state index contributed by atoms with van der Waals surface area (Å²) in [4.78, 5) is 15.5. The number of morpholine rings is 1. The van der Waals surface area contributed by atoms with E-state index in [1.54, 1.807) is 0 Å². The minimum Gasteiger partial charge on any atom is -0.379 e. The van der Waals surface area contributed by atoms with E-state index in [4.69, 9.17) is 9.47 Å². The monoisotopic (exact) mass is 294 g/mol. The highest BCUT2D eigenvalue weighted by Gasteiger charge is 2.19. The van der Waals surface area contributed by atoms with Gasteiger partial charge in [0.15, 0.2) is 0 Å². The first-order valence-corrected chi connectivity index (χ1v) is 7.46. The van der Waals surface area contributed by atoms with Gasteiger partial charge in [-0.15, -0.1) is 0 Å². The highest BCUT2D eigenvalue weighted by molar-refractivity contribution is 5.44. The normalized spacial score (nSPS) is 22.9. The van der Waals surface area contributed by atoms with E-state index in [-0.39, 0.29) is 6.04 Å². The van der Waals surface area contributed by atoms with E-state index in [9.17, 15) is 0 Å². The molecule has 1 atom stereocenters. The van der Waals surface area contributed by atoms with Gasteiger partial charge >= 0.3 is 0 Å². The first-order valence-electron chi connectivity index (χ1n) is 7.46. The molecule has 3 rings (SSSR count). The van der Waals surface area contributed by atoms with Crippen molar-refractivity contribution in [1.82, 2.24) is 15.0 Å². The molecule has 8 heteroatoms. The van der Waals surface area contributed by atoms with Gasteiger partial charge in [-0.2, -0.15) is 15.0 Å². The third-order valence-corrected chi connectivity index (χ3v) is 3.63. The molecule has 3 heterocycles. The molecule has 21 heavy (non-hydrogen) atoms. The van der Waals surface area contributed by atoms with Gasteiger partial charge in [-0.25, -0.2) is 0 Å². The molecule has 0 aromatic carbocycles. The zero-order valence-electron chi connectivity index (χ0n) is 12.3. The predicted octanol–water partition coefficient (Wildman–Crippen LogP) is 0.341. The van der Waals surface area contributed by atoms with Crippen LogP contribution in [-0.4, -0.2) is 67.6 Å². The molecule has 1 aromatic heterocycles. The average Bonchev–Trinajstić information content (AvgIpc) is 2.56. The van der Waals surface area contributed by atoms with Crippen LogP contribution in [0.5, 0.6) is 0 Å². The molecule has 2 saturated heterocycles. The number of aromatic nitrogens is 3. The molecule has 0 spiro atoms. The zero-order valence-corrected chi connectivity index (χ0v) is 12.3. The third-order valence-electron chi connectivity index (χ3n) is 3.63. The summed E-state index contributed by atoms with van der Waals surface area (Å²) in [6.45, 7) is 4.57. The summed E-state index contributed by atoms with van der Waals surface area (Å²) in [7, 11) is 1.81. The Kier molecular flexibility index (Phi) is 4.66. The van der Waals surface area contributed by atoms with Gasteiger partial charge in [0.1, 0.15) is 0 Å². The van der Waals surface area contributed by atoms with E-state index in [2.05, 4.69) is 30.5 Å². The van der Waals surface area contributed by atoms with Crippen molar-refractivity contribution in [2.75, 3.05) is 62.1 Å². The minimum atomic E-state index is 0.267. The highest BCUT2D eigenvalue weighted by Crippen LogP contribution is 2.17. The molecule has 2 N–H and O–H groups in total. The molecule has 0 amide bonds. The number of rotatable bonds is 4. The lowest BCUT2D eigenvalue weighted by molar-refractivity contribution is 0.0874. The quantitative estimate of drug-likeness (QED) is 0.822. The molecular formula is C13H22N6O2. The summed E-state index contributed by atoms with van der Waals surface area (Å²) in [6, 6.07) is 0.267. The highest BCUT2D eigenvalue weighted by atomic mass is 16.5. The van der Waals surface area contributed by atoms with E-state index in [0.29, 0.717) is 37.7 Å². The zero-order chi connectivity index (χ0) is 14.5. The van der Waals surface area contributed by atoms with Gasteiger partial charge in [-0.1, -0.05) is 0 Å². The predicted molar refractivity (Wildman–Crippen MR) is 79.9 cm³/mol.